The molecule has 3 N–H and O–H groups in total. The maximum atomic E-state index is 15.4. The van der Waals surface area contributed by atoms with Crippen LogP contribution in [0.25, 0.3) is 10.9 Å². The van der Waals surface area contributed by atoms with Crippen LogP contribution >= 0.6 is 0 Å². The number of likely N-dealkylation sites (N-methyl/N-ethyl adjacent to an activating group) is 1. The number of hydrogen-bond donors (Lipinski definition) is 3. The van der Waals surface area contributed by atoms with Crippen molar-refractivity contribution in [2.24, 2.45) is 17.3 Å². The summed E-state index contributed by atoms with van der Waals surface area (Å²) in [7, 11) is 5.17. The van der Waals surface area contributed by atoms with Gasteiger partial charge in [0.1, 0.15) is 22.9 Å². The Morgan fingerprint density at radius 3 is 2.57 bits per heavy atom. The van der Waals surface area contributed by atoms with Crippen LogP contribution in [0.15, 0.2) is 60.2 Å². The third-order valence-corrected chi connectivity index (χ3v) is 16.1. The second-order valence-corrected chi connectivity index (χ2v) is 19.2. The van der Waals surface area contributed by atoms with Crippen molar-refractivity contribution < 1.29 is 33.7 Å². The molecule has 3 fully saturated rings. The summed E-state index contributed by atoms with van der Waals surface area (Å²) < 4.78 is 18.9. The smallest absolute Gasteiger partial charge is 0.322 e. The van der Waals surface area contributed by atoms with E-state index in [1.54, 1.807) is 7.11 Å². The van der Waals surface area contributed by atoms with Gasteiger partial charge in [-0.25, -0.2) is 0 Å². The number of para-hydroxylation sites is 1. The van der Waals surface area contributed by atoms with Gasteiger partial charge in [0, 0.05) is 96.9 Å². The number of aromatic amines is 1. The van der Waals surface area contributed by atoms with Gasteiger partial charge in [-0.3, -0.25) is 24.2 Å². The normalized spacial score (nSPS) is 34.8. The topological polar surface area (TPSA) is 137 Å². The summed E-state index contributed by atoms with van der Waals surface area (Å²) in [6.07, 6.45) is 10.9. The lowest BCUT2D eigenvalue weighted by molar-refractivity contribution is -0.217. The first-order valence-corrected chi connectivity index (χ1v) is 22.5. The van der Waals surface area contributed by atoms with Crippen molar-refractivity contribution in [2.75, 3.05) is 65.4 Å². The maximum absolute atomic E-state index is 15.4. The van der Waals surface area contributed by atoms with E-state index < -0.39 is 40.0 Å². The van der Waals surface area contributed by atoms with Crippen LogP contribution in [0.5, 0.6) is 5.75 Å². The molecule has 10 rings (SSSR count). The Hall–Kier alpha value is -4.65. The van der Waals surface area contributed by atoms with Crippen molar-refractivity contribution in [1.29, 1.82) is 0 Å². The number of benzene rings is 2. The van der Waals surface area contributed by atoms with E-state index in [2.05, 4.69) is 87.4 Å². The van der Waals surface area contributed by atoms with Gasteiger partial charge in [0.25, 0.3) is 0 Å². The number of H-pyrrole nitrogens is 1. The minimum Gasteiger partial charge on any atom is -0.496 e. The number of methoxy groups -OCH3 is 2. The molecule has 5 aliphatic heterocycles. The molecular weight excluding hydrogens is 771 g/mol. The summed E-state index contributed by atoms with van der Waals surface area (Å²) in [6, 6.07) is 11.8. The Balaban J connectivity index is 1.25. The van der Waals surface area contributed by atoms with E-state index in [4.69, 9.17) is 14.2 Å². The Morgan fingerprint density at radius 2 is 1.85 bits per heavy atom. The van der Waals surface area contributed by atoms with Crippen molar-refractivity contribution in [3.8, 4) is 5.75 Å². The molecular formula is C49H61N5O7. The van der Waals surface area contributed by atoms with E-state index >= 15 is 4.79 Å². The highest BCUT2D eigenvalue weighted by atomic mass is 16.6. The van der Waals surface area contributed by atoms with Crippen molar-refractivity contribution >= 4 is 34.4 Å². The lowest BCUT2D eigenvalue weighted by atomic mass is 9.47. The first-order valence-electron chi connectivity index (χ1n) is 22.5. The third-order valence-electron chi connectivity index (χ3n) is 16.1. The van der Waals surface area contributed by atoms with Crippen molar-refractivity contribution in [2.45, 2.75) is 100 Å². The fourth-order valence-electron chi connectivity index (χ4n) is 13.7. The van der Waals surface area contributed by atoms with Crippen LogP contribution in [-0.4, -0.2) is 122 Å². The van der Waals surface area contributed by atoms with Crippen LogP contribution in [0.2, 0.25) is 0 Å². The fourth-order valence-corrected chi connectivity index (χ4v) is 13.7. The van der Waals surface area contributed by atoms with Gasteiger partial charge in [-0.1, -0.05) is 55.8 Å². The predicted molar refractivity (Wildman–Crippen MR) is 233 cm³/mol. The zero-order chi connectivity index (χ0) is 42.6. The number of ether oxygens (including phenoxy) is 3. The number of aliphatic hydroxyl groups is 1. The minimum atomic E-state index is -1.71. The lowest BCUT2D eigenvalue weighted by Crippen LogP contribution is -2.81. The lowest BCUT2D eigenvalue weighted by Gasteiger charge is -2.64. The van der Waals surface area contributed by atoms with Gasteiger partial charge in [0.05, 0.1) is 26.8 Å². The Labute approximate surface area is 358 Å². The molecule has 1 aromatic heterocycles. The molecule has 61 heavy (non-hydrogen) atoms. The summed E-state index contributed by atoms with van der Waals surface area (Å²) >= 11 is 0. The maximum Gasteiger partial charge on any atom is 0.322 e. The SMILES string of the molecule is CCC1=C[C@@H]2CN(CCc3c([nH]c4ccccc34)[C@@](C(=O)OC)(c3cc4c(cc3OC)N(C)[C@H]3[C@@](O)(CNC(=O)C5CC5)[C@H](OC(C)=O)[C@]5(CC)C=CCN6CC[C@]43C65)C2)C1. The Kier molecular flexibility index (Phi) is 9.58. The molecule has 2 aromatic carbocycles. The number of aromatic nitrogens is 1. The summed E-state index contributed by atoms with van der Waals surface area (Å²) in [5.74, 6) is -0.368. The second-order valence-electron chi connectivity index (χ2n) is 19.2. The molecule has 1 saturated heterocycles. The minimum absolute atomic E-state index is 0.0456. The van der Waals surface area contributed by atoms with Crippen molar-refractivity contribution in [3.05, 3.63) is 82.6 Å². The number of nitrogens with zero attached hydrogens (tertiary/aromatic N) is 3. The van der Waals surface area contributed by atoms with E-state index in [0.717, 1.165) is 97.4 Å². The first-order chi connectivity index (χ1) is 29.4. The molecule has 7 aliphatic rings. The second kappa shape index (κ2) is 14.5. The van der Waals surface area contributed by atoms with E-state index in [0.29, 0.717) is 25.0 Å². The monoisotopic (exact) mass is 831 g/mol. The van der Waals surface area contributed by atoms with E-state index in [1.807, 2.05) is 13.1 Å². The van der Waals surface area contributed by atoms with Crippen LogP contribution < -0.4 is 15.0 Å². The number of rotatable bonds is 9. The number of carbonyl (C=O) groups is 3. The van der Waals surface area contributed by atoms with Gasteiger partial charge in [-0.05, 0) is 80.7 Å². The molecule has 1 spiro atoms. The Morgan fingerprint density at radius 1 is 1.05 bits per heavy atom. The predicted octanol–water partition coefficient (Wildman–Crippen LogP) is 5.15. The summed E-state index contributed by atoms with van der Waals surface area (Å²) in [5.41, 5.74) is 2.43. The Bertz CT molecular complexity index is 2370. The molecule has 9 atom stereocenters. The van der Waals surface area contributed by atoms with Gasteiger partial charge in [-0.2, -0.15) is 0 Å². The molecule has 324 valence electrons. The molecule has 1 amide bonds. The summed E-state index contributed by atoms with van der Waals surface area (Å²) in [6.45, 7) is 9.74. The molecule has 12 heteroatoms. The van der Waals surface area contributed by atoms with Gasteiger partial charge >= 0.3 is 11.9 Å². The largest absolute Gasteiger partial charge is 0.496 e. The van der Waals surface area contributed by atoms with Gasteiger partial charge in [0.15, 0.2) is 0 Å². The summed E-state index contributed by atoms with van der Waals surface area (Å²) in [4.78, 5) is 53.1. The van der Waals surface area contributed by atoms with Crippen LogP contribution in [0.3, 0.4) is 0 Å². The number of carbonyl (C=O) groups excluding carboxylic acids is 3. The highest BCUT2D eigenvalue weighted by Crippen LogP contribution is 2.68. The van der Waals surface area contributed by atoms with Gasteiger partial charge in [0.2, 0.25) is 5.91 Å². The van der Waals surface area contributed by atoms with E-state index in [-0.39, 0.29) is 36.3 Å². The number of nitrogens with one attached hydrogen (secondary N) is 2. The molecule has 2 saturated carbocycles. The molecule has 12 nitrogen and oxygen atoms in total. The molecule has 2 aliphatic carbocycles. The van der Waals surface area contributed by atoms with E-state index in [1.165, 1.54) is 19.6 Å². The first kappa shape index (κ1) is 40.4. The van der Waals surface area contributed by atoms with Crippen LogP contribution in [0.1, 0.15) is 81.7 Å². The molecule has 6 heterocycles. The van der Waals surface area contributed by atoms with Crippen LogP contribution in [-0.2, 0) is 41.1 Å². The standard InChI is InChI=1S/C49H61N5O7/c1-7-30-22-31-25-48(45(57)60-6,40-34(16-20-53(26-30)27-31)33-12-9-10-13-37(33)51-40)36-23-35-38(24-39(36)59-5)52(4)43-47(35)18-21-54-19-11-17-46(8-2,42(47)54)44(61-29(3)55)49(43,58)28-50-41(56)32-14-15-32/h9-13,17,22-24,31-32,42-44,51,58H,7-8,14-16,18-21,25-28H2,1-6H3,(H,50,56)/t31-,42?,43+,44+,46+,47+,48-,49-/m0/s1. The number of amides is 1. The highest BCUT2D eigenvalue weighted by Gasteiger charge is 2.78. The molecule has 2 unspecified atom stereocenters. The molecule has 0 radical (unpaired) electrons. The summed E-state index contributed by atoms with van der Waals surface area (Å²) in [5, 5.41) is 18.0. The zero-order valence-electron chi connectivity index (χ0n) is 36.5. The number of fused-ring (bicyclic) bond motifs is 6. The fraction of sp³-hybridized carbons (Fsp3) is 0.571. The zero-order valence-corrected chi connectivity index (χ0v) is 36.5. The number of esters is 2. The van der Waals surface area contributed by atoms with Gasteiger partial charge in [-0.15, -0.1) is 0 Å². The molecule has 3 aromatic rings. The molecule has 2 bridgehead atoms. The highest BCUT2D eigenvalue weighted by molar-refractivity contribution is 5.94. The number of anilines is 1. The van der Waals surface area contributed by atoms with Crippen LogP contribution in [0, 0.1) is 17.3 Å². The third kappa shape index (κ3) is 5.63. The average molecular weight is 832 g/mol. The average Bonchev–Trinajstić information content (AvgIpc) is 3.88. The van der Waals surface area contributed by atoms with Crippen molar-refractivity contribution in [1.82, 2.24) is 20.1 Å². The van der Waals surface area contributed by atoms with E-state index in [9.17, 15) is 14.7 Å². The van der Waals surface area contributed by atoms with Crippen molar-refractivity contribution in [3.63, 3.8) is 0 Å². The van der Waals surface area contributed by atoms with Gasteiger partial charge < -0.3 is 34.5 Å². The quantitative estimate of drug-likeness (QED) is 0.196. The van der Waals surface area contributed by atoms with Crippen LogP contribution in [0.4, 0.5) is 5.69 Å². The number of hydrogen-bond acceptors (Lipinski definition) is 10.